The Hall–Kier alpha value is -0.810. The van der Waals surface area contributed by atoms with E-state index in [0.29, 0.717) is 13.0 Å². The second-order valence-electron chi connectivity index (χ2n) is 22.9. The number of rotatable bonds is 59. The SMILES string of the molecule is CCCCCCCCCCCCCCCCCCCCCCCCCCCOCC(COC1OC(CO)C(O)C(O)C1O)OC(=O)CCCCCCCCCCCCCCCCCCCCCCCCCCC. The van der Waals surface area contributed by atoms with Crippen LogP contribution in [0.5, 0.6) is 0 Å². The van der Waals surface area contributed by atoms with Gasteiger partial charge in [0, 0.05) is 13.0 Å². The van der Waals surface area contributed by atoms with E-state index in [9.17, 15) is 25.2 Å². The Bertz CT molecular complexity index is 1090. The van der Waals surface area contributed by atoms with E-state index in [4.69, 9.17) is 18.9 Å². The van der Waals surface area contributed by atoms with Crippen LogP contribution in [0.4, 0.5) is 0 Å². The average Bonchev–Trinajstić information content (AvgIpc) is 3.39. The van der Waals surface area contributed by atoms with Crippen molar-refractivity contribution in [2.75, 3.05) is 26.4 Å². The van der Waals surface area contributed by atoms with Crippen LogP contribution in [-0.2, 0) is 23.7 Å². The minimum absolute atomic E-state index is 0.104. The molecule has 436 valence electrons. The minimum atomic E-state index is -1.53. The molecule has 0 radical (unpaired) electrons. The van der Waals surface area contributed by atoms with E-state index >= 15 is 0 Å². The summed E-state index contributed by atoms with van der Waals surface area (Å²) in [4.78, 5) is 12.9. The Kier molecular flexibility index (Phi) is 53.8. The van der Waals surface area contributed by atoms with E-state index in [-0.39, 0.29) is 19.2 Å². The summed E-state index contributed by atoms with van der Waals surface area (Å²) in [5.41, 5.74) is 0. The molecule has 1 fully saturated rings. The van der Waals surface area contributed by atoms with Gasteiger partial charge in [-0.1, -0.05) is 322 Å². The van der Waals surface area contributed by atoms with Crippen LogP contribution < -0.4 is 0 Å². The molecular formula is C64H126O9. The summed E-state index contributed by atoms with van der Waals surface area (Å²) in [6, 6.07) is 0. The summed E-state index contributed by atoms with van der Waals surface area (Å²) in [5.74, 6) is -0.301. The van der Waals surface area contributed by atoms with Crippen LogP contribution in [0.1, 0.15) is 341 Å². The maximum atomic E-state index is 12.9. The molecule has 0 bridgehead atoms. The summed E-state index contributed by atoms with van der Waals surface area (Å²) in [5, 5.41) is 40.4. The number of carbonyl (C=O) groups is 1. The van der Waals surface area contributed by atoms with Crippen molar-refractivity contribution >= 4 is 5.97 Å². The van der Waals surface area contributed by atoms with Gasteiger partial charge < -0.3 is 39.4 Å². The molecule has 0 aromatic rings. The third kappa shape index (κ3) is 45.9. The van der Waals surface area contributed by atoms with Gasteiger partial charge in [0.2, 0.25) is 0 Å². The van der Waals surface area contributed by atoms with Crippen molar-refractivity contribution in [1.82, 2.24) is 0 Å². The van der Waals surface area contributed by atoms with E-state index < -0.39 is 43.4 Å². The number of carbonyl (C=O) groups excluding carboxylic acids is 1. The second-order valence-corrected chi connectivity index (χ2v) is 22.9. The Labute approximate surface area is 453 Å². The van der Waals surface area contributed by atoms with Gasteiger partial charge in [-0.3, -0.25) is 4.79 Å². The maximum Gasteiger partial charge on any atom is 0.306 e. The summed E-state index contributed by atoms with van der Waals surface area (Å²) in [7, 11) is 0. The average molecular weight is 1040 g/mol. The zero-order chi connectivity index (χ0) is 52.8. The Morgan fingerprint density at radius 3 is 0.973 bits per heavy atom. The largest absolute Gasteiger partial charge is 0.457 e. The van der Waals surface area contributed by atoms with E-state index in [1.54, 1.807) is 0 Å². The van der Waals surface area contributed by atoms with Crippen molar-refractivity contribution in [3.05, 3.63) is 0 Å². The maximum absolute atomic E-state index is 12.9. The molecule has 6 unspecified atom stereocenters. The number of ether oxygens (including phenoxy) is 4. The third-order valence-corrected chi connectivity index (χ3v) is 15.8. The lowest BCUT2D eigenvalue weighted by Gasteiger charge is -2.39. The molecule has 0 aromatic heterocycles. The molecule has 0 aliphatic carbocycles. The molecule has 1 aliphatic rings. The number of hydrogen-bond acceptors (Lipinski definition) is 9. The van der Waals surface area contributed by atoms with Crippen molar-refractivity contribution in [3.63, 3.8) is 0 Å². The zero-order valence-corrected chi connectivity index (χ0v) is 48.7. The number of hydrogen-bond donors (Lipinski definition) is 4. The Morgan fingerprint density at radius 2 is 0.671 bits per heavy atom. The highest BCUT2D eigenvalue weighted by Crippen LogP contribution is 2.23. The van der Waals surface area contributed by atoms with Gasteiger partial charge in [0.1, 0.15) is 30.5 Å². The van der Waals surface area contributed by atoms with E-state index in [2.05, 4.69) is 13.8 Å². The van der Waals surface area contributed by atoms with Gasteiger partial charge in [0.25, 0.3) is 0 Å². The first-order chi connectivity index (χ1) is 35.9. The number of aliphatic hydroxyl groups excluding tert-OH is 4. The molecule has 1 aliphatic heterocycles. The number of aliphatic hydroxyl groups is 4. The smallest absolute Gasteiger partial charge is 0.306 e. The normalized spacial score (nSPS) is 18.5. The van der Waals surface area contributed by atoms with Crippen molar-refractivity contribution in [2.45, 2.75) is 378 Å². The van der Waals surface area contributed by atoms with Gasteiger partial charge >= 0.3 is 5.97 Å². The Morgan fingerprint density at radius 1 is 0.384 bits per heavy atom. The van der Waals surface area contributed by atoms with Crippen LogP contribution in [0.3, 0.4) is 0 Å². The molecule has 9 nitrogen and oxygen atoms in total. The fourth-order valence-electron chi connectivity index (χ4n) is 10.7. The summed E-state index contributed by atoms with van der Waals surface area (Å²) in [6.45, 7) is 4.66. The molecule has 4 N–H and O–H groups in total. The van der Waals surface area contributed by atoms with Gasteiger partial charge in [-0.25, -0.2) is 0 Å². The first kappa shape index (κ1) is 70.2. The highest BCUT2D eigenvalue weighted by molar-refractivity contribution is 5.69. The summed E-state index contributed by atoms with van der Waals surface area (Å²) in [6.07, 6.45) is 60.4. The third-order valence-electron chi connectivity index (χ3n) is 15.8. The number of esters is 1. The van der Waals surface area contributed by atoms with Gasteiger partial charge in [-0.05, 0) is 12.8 Å². The van der Waals surface area contributed by atoms with Crippen LogP contribution in [-0.4, -0.2) is 89.6 Å². The van der Waals surface area contributed by atoms with Crippen LogP contribution >= 0.6 is 0 Å². The predicted octanol–water partition coefficient (Wildman–Crippen LogP) is 17.7. The molecule has 6 atom stereocenters. The first-order valence-corrected chi connectivity index (χ1v) is 32.6. The Balaban J connectivity index is 2.08. The van der Waals surface area contributed by atoms with E-state index in [0.717, 1.165) is 32.1 Å². The molecule has 0 amide bonds. The predicted molar refractivity (Wildman–Crippen MR) is 307 cm³/mol. The summed E-state index contributed by atoms with van der Waals surface area (Å²) < 4.78 is 23.1. The van der Waals surface area contributed by atoms with Crippen LogP contribution in [0.2, 0.25) is 0 Å². The summed E-state index contributed by atoms with van der Waals surface area (Å²) >= 11 is 0. The lowest BCUT2D eigenvalue weighted by atomic mass is 9.99. The van der Waals surface area contributed by atoms with Gasteiger partial charge in [0.05, 0.1) is 19.8 Å². The van der Waals surface area contributed by atoms with Gasteiger partial charge in [-0.2, -0.15) is 0 Å². The number of unbranched alkanes of at least 4 members (excludes halogenated alkanes) is 48. The molecule has 1 saturated heterocycles. The van der Waals surface area contributed by atoms with Crippen molar-refractivity contribution in [3.8, 4) is 0 Å². The monoisotopic (exact) mass is 1040 g/mol. The van der Waals surface area contributed by atoms with E-state index in [1.807, 2.05) is 0 Å². The topological polar surface area (TPSA) is 135 Å². The molecule has 0 saturated carbocycles. The van der Waals surface area contributed by atoms with Crippen LogP contribution in [0.15, 0.2) is 0 Å². The zero-order valence-electron chi connectivity index (χ0n) is 48.7. The highest BCUT2D eigenvalue weighted by Gasteiger charge is 2.44. The quantitative estimate of drug-likeness (QED) is 0.0347. The molecule has 0 spiro atoms. The molecule has 9 heteroatoms. The second kappa shape index (κ2) is 55.9. The van der Waals surface area contributed by atoms with Crippen molar-refractivity contribution in [1.29, 1.82) is 0 Å². The molecule has 1 rings (SSSR count). The fourth-order valence-corrected chi connectivity index (χ4v) is 10.7. The molecule has 0 aromatic carbocycles. The van der Waals surface area contributed by atoms with Crippen LogP contribution in [0, 0.1) is 0 Å². The highest BCUT2D eigenvalue weighted by atomic mass is 16.7. The van der Waals surface area contributed by atoms with Gasteiger partial charge in [-0.15, -0.1) is 0 Å². The lowest BCUT2D eigenvalue weighted by Crippen LogP contribution is -2.59. The van der Waals surface area contributed by atoms with E-state index in [1.165, 1.54) is 289 Å². The standard InChI is InChI=1S/C64H126O9/c1-3-5-7-9-11-13-15-17-19-21-23-25-27-29-31-33-35-37-39-41-43-45-47-49-51-53-60(66)72-58(57-71-64-63(69)62(68)61(67)59(55-65)73-64)56-70-54-52-50-48-46-44-42-40-38-36-34-32-30-28-26-24-22-20-18-16-14-12-10-8-6-4-2/h58-59,61-65,67-69H,3-57H2,1-2H3. The van der Waals surface area contributed by atoms with Crippen molar-refractivity contribution < 1.29 is 44.2 Å². The van der Waals surface area contributed by atoms with Gasteiger partial charge in [0.15, 0.2) is 6.29 Å². The minimum Gasteiger partial charge on any atom is -0.457 e. The van der Waals surface area contributed by atoms with Crippen LogP contribution in [0.25, 0.3) is 0 Å². The fraction of sp³-hybridized carbons (Fsp3) is 0.984. The first-order valence-electron chi connectivity index (χ1n) is 32.6. The molecule has 1 heterocycles. The van der Waals surface area contributed by atoms with Crippen molar-refractivity contribution in [2.24, 2.45) is 0 Å². The molecule has 73 heavy (non-hydrogen) atoms. The lowest BCUT2D eigenvalue weighted by molar-refractivity contribution is -0.305. The molecular weight excluding hydrogens is 913 g/mol.